The van der Waals surface area contributed by atoms with Crippen LogP contribution in [0.2, 0.25) is 10.0 Å². The van der Waals surface area contributed by atoms with Gasteiger partial charge in [-0.25, -0.2) is 14.4 Å². The Bertz CT molecular complexity index is 879. The molecule has 3 N–H and O–H groups in total. The number of rotatable bonds is 6. The van der Waals surface area contributed by atoms with E-state index in [0.717, 1.165) is 5.06 Å². The highest BCUT2D eigenvalue weighted by Crippen LogP contribution is 2.33. The molecule has 29 heavy (non-hydrogen) atoms. The predicted molar refractivity (Wildman–Crippen MR) is 110 cm³/mol. The van der Waals surface area contributed by atoms with Crippen molar-refractivity contribution < 1.29 is 19.1 Å². The number of aliphatic hydroxyl groups excluding tert-OH is 1. The van der Waals surface area contributed by atoms with Gasteiger partial charge in [-0.15, -0.1) is 0 Å². The lowest BCUT2D eigenvalue weighted by molar-refractivity contribution is -0.0754. The van der Waals surface area contributed by atoms with E-state index in [1.165, 1.54) is 31.7 Å². The Morgan fingerprint density at radius 3 is 2.86 bits per heavy atom. The Balaban J connectivity index is 1.61. The van der Waals surface area contributed by atoms with Crippen LogP contribution >= 0.6 is 34.5 Å². The first-order valence-corrected chi connectivity index (χ1v) is 10.4. The summed E-state index contributed by atoms with van der Waals surface area (Å²) in [5.74, 6) is -0.315. The maximum Gasteiger partial charge on any atom is 0.288 e. The van der Waals surface area contributed by atoms with Gasteiger partial charge in [0.2, 0.25) is 0 Å². The number of alkyl halides is 1. The normalized spacial score (nSPS) is 20.7. The predicted octanol–water partition coefficient (Wildman–Crippen LogP) is 2.92. The summed E-state index contributed by atoms with van der Waals surface area (Å²) in [6, 6.07) is -0.569. The zero-order valence-electron chi connectivity index (χ0n) is 16.1. The van der Waals surface area contributed by atoms with Gasteiger partial charge >= 0.3 is 0 Å². The van der Waals surface area contributed by atoms with Crippen LogP contribution in [-0.2, 0) is 4.84 Å². The average molecular weight is 466 g/mol. The van der Waals surface area contributed by atoms with Gasteiger partial charge in [-0.05, 0) is 13.3 Å². The fourth-order valence-corrected chi connectivity index (χ4v) is 4.44. The van der Waals surface area contributed by atoms with E-state index in [4.69, 9.17) is 28.0 Å². The summed E-state index contributed by atoms with van der Waals surface area (Å²) in [5.41, 5.74) is 0.946. The van der Waals surface area contributed by atoms with Crippen molar-refractivity contribution in [3.8, 4) is 0 Å². The van der Waals surface area contributed by atoms with Crippen LogP contribution in [0.3, 0.4) is 0 Å². The monoisotopic (exact) mass is 465 g/mol. The minimum atomic E-state index is -1.26. The van der Waals surface area contributed by atoms with Crippen molar-refractivity contribution in [1.82, 2.24) is 20.3 Å². The average Bonchev–Trinajstić information content (AvgIpc) is 3.29. The molecule has 0 radical (unpaired) electrons. The van der Waals surface area contributed by atoms with Crippen LogP contribution in [0.15, 0.2) is 6.20 Å². The number of halogens is 3. The first-order chi connectivity index (χ1) is 13.7. The highest BCUT2D eigenvalue weighted by Gasteiger charge is 2.33. The number of aryl methyl sites for hydroxylation is 1. The van der Waals surface area contributed by atoms with E-state index in [1.54, 1.807) is 11.8 Å². The number of H-pyrrole nitrogens is 1. The number of aromatic nitrogens is 2. The Kier molecular flexibility index (Phi) is 7.02. The number of nitrogens with zero attached hydrogens (tertiary/aromatic N) is 3. The number of thiazole rings is 1. The lowest BCUT2D eigenvalue weighted by atomic mass is 10.0. The molecule has 2 aromatic rings. The molecule has 0 aromatic carbocycles. The number of carbonyl (C=O) groups excluding carboxylic acids is 1. The van der Waals surface area contributed by atoms with Crippen molar-refractivity contribution in [2.75, 3.05) is 32.1 Å². The summed E-state index contributed by atoms with van der Waals surface area (Å²) in [5, 5.41) is 15.5. The zero-order chi connectivity index (χ0) is 21.3. The molecule has 3 atom stereocenters. The minimum absolute atomic E-state index is 0.0872. The molecular formula is C17H22Cl2FN5O3S. The largest absolute Gasteiger partial charge is 0.373 e. The molecule has 12 heteroatoms. The number of aromatic amines is 1. The van der Waals surface area contributed by atoms with Crippen LogP contribution in [0.4, 0.5) is 9.52 Å². The van der Waals surface area contributed by atoms with Gasteiger partial charge in [0.25, 0.3) is 5.91 Å². The number of hydroxylamine groups is 2. The zero-order valence-corrected chi connectivity index (χ0v) is 18.4. The van der Waals surface area contributed by atoms with Gasteiger partial charge in [-0.2, -0.15) is 0 Å². The van der Waals surface area contributed by atoms with Gasteiger partial charge in [-0.1, -0.05) is 34.5 Å². The van der Waals surface area contributed by atoms with Crippen LogP contribution < -0.4 is 10.2 Å². The third-order valence-electron chi connectivity index (χ3n) is 4.80. The third-order valence-corrected chi connectivity index (χ3v) is 6.81. The summed E-state index contributed by atoms with van der Waals surface area (Å²) in [6.07, 6.45) is -0.534. The van der Waals surface area contributed by atoms with Crippen LogP contribution in [0, 0.1) is 6.92 Å². The number of nitrogens with one attached hydrogen (secondary N) is 2. The molecule has 2 aromatic heterocycles. The molecule has 1 aliphatic heterocycles. The van der Waals surface area contributed by atoms with Crippen LogP contribution in [0.5, 0.6) is 0 Å². The Morgan fingerprint density at radius 2 is 2.28 bits per heavy atom. The molecule has 1 aliphatic rings. The molecule has 3 rings (SSSR count). The molecular weight excluding hydrogens is 444 g/mol. The summed E-state index contributed by atoms with van der Waals surface area (Å²) < 4.78 is 14.8. The van der Waals surface area contributed by atoms with Gasteiger partial charge in [0.15, 0.2) is 5.13 Å². The van der Waals surface area contributed by atoms with Gasteiger partial charge in [0.1, 0.15) is 17.3 Å². The number of aliphatic hydroxyl groups is 1. The standard InChI is InChI=1S/C17H22Cl2FN5O3S/c1-8-12(18)13(19)14(22-8)15(26)23-10-4-5-25(7-9(10)20)17-21-6-11(29-17)16(27)24(2)28-3/h6,9-10,15,22-23,26H,4-5,7H2,1-3H3/t9-,10+,15?/m0/s1. The van der Waals surface area contributed by atoms with E-state index in [2.05, 4.69) is 15.3 Å². The van der Waals surface area contributed by atoms with E-state index < -0.39 is 18.4 Å². The molecule has 1 amide bonds. The van der Waals surface area contributed by atoms with E-state index in [-0.39, 0.29) is 17.5 Å². The first-order valence-electron chi connectivity index (χ1n) is 8.87. The number of hydrogen-bond acceptors (Lipinski definition) is 7. The molecule has 0 spiro atoms. The number of hydrogen-bond donors (Lipinski definition) is 3. The van der Waals surface area contributed by atoms with Gasteiger partial charge in [-0.3, -0.25) is 14.9 Å². The summed E-state index contributed by atoms with van der Waals surface area (Å²) in [6.45, 7) is 2.34. The van der Waals surface area contributed by atoms with Crippen molar-refractivity contribution in [1.29, 1.82) is 0 Å². The van der Waals surface area contributed by atoms with E-state index in [1.807, 2.05) is 0 Å². The topological polar surface area (TPSA) is 93.7 Å². The number of anilines is 1. The molecule has 8 nitrogen and oxygen atoms in total. The molecule has 1 fully saturated rings. The maximum absolute atomic E-state index is 14.8. The SMILES string of the molecule is CON(C)C(=O)c1cnc(N2CC[C@@H](NC(O)c3[nH]c(C)c(Cl)c3Cl)[C@@H](F)C2)s1. The molecule has 3 heterocycles. The van der Waals surface area contributed by atoms with E-state index in [9.17, 15) is 14.3 Å². The molecule has 160 valence electrons. The minimum Gasteiger partial charge on any atom is -0.373 e. The molecule has 1 saturated heterocycles. The molecule has 0 aliphatic carbocycles. The Morgan fingerprint density at radius 1 is 1.55 bits per heavy atom. The Labute approximate surface area is 181 Å². The molecule has 1 unspecified atom stereocenters. The van der Waals surface area contributed by atoms with E-state index in [0.29, 0.717) is 39.4 Å². The van der Waals surface area contributed by atoms with Gasteiger partial charge in [0.05, 0.1) is 35.6 Å². The summed E-state index contributed by atoms with van der Waals surface area (Å²) in [7, 11) is 2.91. The lowest BCUT2D eigenvalue weighted by Gasteiger charge is -2.36. The Hall–Kier alpha value is -1.43. The first kappa shape index (κ1) is 22.3. The van der Waals surface area contributed by atoms with Crippen molar-refractivity contribution in [2.45, 2.75) is 31.8 Å². The highest BCUT2D eigenvalue weighted by molar-refractivity contribution is 7.17. The molecule has 0 saturated carbocycles. The maximum atomic E-state index is 14.8. The van der Waals surface area contributed by atoms with Crippen LogP contribution in [0.1, 0.15) is 33.7 Å². The van der Waals surface area contributed by atoms with Crippen molar-refractivity contribution in [2.24, 2.45) is 0 Å². The summed E-state index contributed by atoms with van der Waals surface area (Å²) >= 11 is 13.3. The van der Waals surface area contributed by atoms with Gasteiger partial charge < -0.3 is 15.0 Å². The van der Waals surface area contributed by atoms with Crippen molar-refractivity contribution >= 4 is 45.6 Å². The number of amides is 1. The lowest BCUT2D eigenvalue weighted by Crippen LogP contribution is -2.51. The van der Waals surface area contributed by atoms with E-state index >= 15 is 0 Å². The fraction of sp³-hybridized carbons (Fsp3) is 0.529. The molecule has 0 bridgehead atoms. The van der Waals surface area contributed by atoms with Crippen molar-refractivity contribution in [3.63, 3.8) is 0 Å². The smallest absolute Gasteiger partial charge is 0.288 e. The summed E-state index contributed by atoms with van der Waals surface area (Å²) in [4.78, 5) is 26.3. The third kappa shape index (κ3) is 4.68. The number of piperidine rings is 1. The fourth-order valence-electron chi connectivity index (χ4n) is 3.08. The van der Waals surface area contributed by atoms with Crippen LogP contribution in [-0.4, -0.2) is 65.5 Å². The second-order valence-electron chi connectivity index (χ2n) is 6.71. The second kappa shape index (κ2) is 9.15. The second-order valence-corrected chi connectivity index (χ2v) is 8.48. The van der Waals surface area contributed by atoms with Crippen molar-refractivity contribution in [3.05, 3.63) is 32.5 Å². The van der Waals surface area contributed by atoms with Crippen LogP contribution in [0.25, 0.3) is 0 Å². The highest BCUT2D eigenvalue weighted by atomic mass is 35.5. The number of carbonyl (C=O) groups is 1. The quantitative estimate of drug-likeness (QED) is 0.448. The van der Waals surface area contributed by atoms with Gasteiger partial charge in [0, 0.05) is 25.3 Å².